The lowest BCUT2D eigenvalue weighted by Gasteiger charge is -2.29. The van der Waals surface area contributed by atoms with Gasteiger partial charge in [0, 0.05) is 4.47 Å². The highest BCUT2D eigenvalue weighted by Gasteiger charge is 2.22. The van der Waals surface area contributed by atoms with Crippen molar-refractivity contribution in [2.75, 3.05) is 13.1 Å². The van der Waals surface area contributed by atoms with Crippen molar-refractivity contribution in [2.24, 2.45) is 5.92 Å². The lowest BCUT2D eigenvalue weighted by molar-refractivity contribution is 0.118. The molecule has 1 saturated carbocycles. The van der Waals surface area contributed by atoms with Crippen molar-refractivity contribution in [3.63, 3.8) is 0 Å². The number of hydrogen-bond donors (Lipinski definition) is 1. The Hall–Kier alpha value is -0.540. The molecule has 104 valence electrons. The average Bonchev–Trinajstić information content (AvgIpc) is 2.37. The molecule has 0 spiro atoms. The van der Waals surface area contributed by atoms with Gasteiger partial charge in [0.15, 0.2) is 0 Å². The molecular weight excluding hydrogens is 302 g/mol. The van der Waals surface area contributed by atoms with Crippen LogP contribution in [-0.2, 0) is 6.42 Å². The van der Waals surface area contributed by atoms with Gasteiger partial charge in [-0.15, -0.1) is 0 Å². The van der Waals surface area contributed by atoms with Gasteiger partial charge in [-0.2, -0.15) is 0 Å². The molecular formula is C16H22BrNO. The summed E-state index contributed by atoms with van der Waals surface area (Å²) in [5.41, 5.74) is 1.38. The Morgan fingerprint density at radius 1 is 1.16 bits per heavy atom. The van der Waals surface area contributed by atoms with Gasteiger partial charge in [0.1, 0.15) is 5.75 Å². The van der Waals surface area contributed by atoms with E-state index in [2.05, 4.69) is 39.4 Å². The predicted molar refractivity (Wildman–Crippen MR) is 81.7 cm³/mol. The van der Waals surface area contributed by atoms with Gasteiger partial charge in [-0.25, -0.2) is 0 Å². The van der Waals surface area contributed by atoms with Crippen LogP contribution < -0.4 is 10.1 Å². The number of benzene rings is 1. The van der Waals surface area contributed by atoms with Crippen LogP contribution in [0.15, 0.2) is 22.7 Å². The summed E-state index contributed by atoms with van der Waals surface area (Å²) in [7, 11) is 0. The zero-order valence-corrected chi connectivity index (χ0v) is 12.9. The van der Waals surface area contributed by atoms with Crippen LogP contribution >= 0.6 is 15.9 Å². The van der Waals surface area contributed by atoms with E-state index in [-0.39, 0.29) is 0 Å². The molecule has 0 bridgehead atoms. The van der Waals surface area contributed by atoms with Crippen LogP contribution in [0.1, 0.15) is 37.7 Å². The molecule has 3 heteroatoms. The SMILES string of the molecule is Brc1ccc(OC2CCC2)c(CC2CCNCC2)c1. The summed E-state index contributed by atoms with van der Waals surface area (Å²) in [6, 6.07) is 6.48. The summed E-state index contributed by atoms with van der Waals surface area (Å²) < 4.78 is 7.31. The van der Waals surface area contributed by atoms with E-state index in [0.29, 0.717) is 6.10 Å². The Balaban J connectivity index is 1.71. The van der Waals surface area contributed by atoms with E-state index in [0.717, 1.165) is 35.7 Å². The Morgan fingerprint density at radius 2 is 1.95 bits per heavy atom. The first-order chi connectivity index (χ1) is 9.31. The molecule has 0 amide bonds. The fourth-order valence-electron chi connectivity index (χ4n) is 2.89. The number of hydrogen-bond acceptors (Lipinski definition) is 2. The van der Waals surface area contributed by atoms with Crippen LogP contribution in [0.3, 0.4) is 0 Å². The number of nitrogens with one attached hydrogen (secondary N) is 1. The molecule has 1 N–H and O–H groups in total. The third-order valence-electron chi connectivity index (χ3n) is 4.34. The standard InChI is InChI=1S/C16H22BrNO/c17-14-4-5-16(19-15-2-1-3-15)13(11-14)10-12-6-8-18-9-7-12/h4-5,11-12,15,18H,1-3,6-10H2. The summed E-state index contributed by atoms with van der Waals surface area (Å²) in [5.74, 6) is 1.92. The van der Waals surface area contributed by atoms with E-state index in [1.165, 1.54) is 37.7 Å². The van der Waals surface area contributed by atoms with E-state index in [4.69, 9.17) is 4.74 Å². The van der Waals surface area contributed by atoms with Crippen LogP contribution in [-0.4, -0.2) is 19.2 Å². The van der Waals surface area contributed by atoms with E-state index in [1.54, 1.807) is 0 Å². The monoisotopic (exact) mass is 323 g/mol. The molecule has 1 heterocycles. The summed E-state index contributed by atoms with van der Waals surface area (Å²) in [6.07, 6.45) is 7.97. The van der Waals surface area contributed by atoms with Gasteiger partial charge in [-0.1, -0.05) is 15.9 Å². The van der Waals surface area contributed by atoms with Gasteiger partial charge in [-0.05, 0) is 81.3 Å². The molecule has 2 nitrogen and oxygen atoms in total. The van der Waals surface area contributed by atoms with E-state index in [1.807, 2.05) is 0 Å². The van der Waals surface area contributed by atoms with E-state index >= 15 is 0 Å². The molecule has 1 aromatic carbocycles. The van der Waals surface area contributed by atoms with Crippen molar-refractivity contribution in [2.45, 2.75) is 44.6 Å². The van der Waals surface area contributed by atoms with Gasteiger partial charge in [0.2, 0.25) is 0 Å². The first kappa shape index (κ1) is 13.4. The normalized spacial score (nSPS) is 21.1. The molecule has 1 aliphatic carbocycles. The second-order valence-electron chi connectivity index (χ2n) is 5.82. The highest BCUT2D eigenvalue weighted by Crippen LogP contribution is 2.32. The quantitative estimate of drug-likeness (QED) is 0.906. The van der Waals surface area contributed by atoms with Crippen molar-refractivity contribution >= 4 is 15.9 Å². The zero-order chi connectivity index (χ0) is 13.1. The van der Waals surface area contributed by atoms with Crippen LogP contribution in [0.25, 0.3) is 0 Å². The van der Waals surface area contributed by atoms with Crippen molar-refractivity contribution in [1.29, 1.82) is 0 Å². The van der Waals surface area contributed by atoms with Crippen LogP contribution in [0.4, 0.5) is 0 Å². The minimum Gasteiger partial charge on any atom is -0.490 e. The average molecular weight is 324 g/mol. The van der Waals surface area contributed by atoms with Crippen LogP contribution in [0, 0.1) is 5.92 Å². The number of piperidine rings is 1. The lowest BCUT2D eigenvalue weighted by Crippen LogP contribution is -2.29. The van der Waals surface area contributed by atoms with E-state index in [9.17, 15) is 0 Å². The highest BCUT2D eigenvalue weighted by molar-refractivity contribution is 9.10. The largest absolute Gasteiger partial charge is 0.490 e. The molecule has 19 heavy (non-hydrogen) atoms. The second-order valence-corrected chi connectivity index (χ2v) is 6.74. The van der Waals surface area contributed by atoms with Crippen molar-refractivity contribution < 1.29 is 4.74 Å². The smallest absolute Gasteiger partial charge is 0.122 e. The van der Waals surface area contributed by atoms with Crippen molar-refractivity contribution in [3.05, 3.63) is 28.2 Å². The summed E-state index contributed by atoms with van der Waals surface area (Å²) in [4.78, 5) is 0. The first-order valence-electron chi connectivity index (χ1n) is 7.47. The maximum absolute atomic E-state index is 6.14. The van der Waals surface area contributed by atoms with Crippen molar-refractivity contribution in [1.82, 2.24) is 5.32 Å². The Labute approximate surface area is 124 Å². The molecule has 2 aliphatic rings. The van der Waals surface area contributed by atoms with Gasteiger partial charge in [-0.3, -0.25) is 0 Å². The molecule has 1 aliphatic heterocycles. The summed E-state index contributed by atoms with van der Waals surface area (Å²) in [5, 5.41) is 3.44. The fraction of sp³-hybridized carbons (Fsp3) is 0.625. The molecule has 2 fully saturated rings. The van der Waals surface area contributed by atoms with Crippen LogP contribution in [0.2, 0.25) is 0 Å². The fourth-order valence-corrected chi connectivity index (χ4v) is 3.30. The zero-order valence-electron chi connectivity index (χ0n) is 11.3. The highest BCUT2D eigenvalue weighted by atomic mass is 79.9. The predicted octanol–water partition coefficient (Wildman–Crippen LogP) is 3.92. The van der Waals surface area contributed by atoms with Gasteiger partial charge in [0.25, 0.3) is 0 Å². The van der Waals surface area contributed by atoms with Crippen LogP contribution in [0.5, 0.6) is 5.75 Å². The third-order valence-corrected chi connectivity index (χ3v) is 4.83. The number of halogens is 1. The molecule has 0 atom stereocenters. The van der Waals surface area contributed by atoms with Gasteiger partial charge < -0.3 is 10.1 Å². The molecule has 0 unspecified atom stereocenters. The third kappa shape index (κ3) is 3.51. The molecule has 0 aromatic heterocycles. The Kier molecular flexibility index (Phi) is 4.44. The topological polar surface area (TPSA) is 21.3 Å². The van der Waals surface area contributed by atoms with E-state index < -0.39 is 0 Å². The van der Waals surface area contributed by atoms with Crippen molar-refractivity contribution in [3.8, 4) is 5.75 Å². The first-order valence-corrected chi connectivity index (χ1v) is 8.26. The summed E-state index contributed by atoms with van der Waals surface area (Å²) in [6.45, 7) is 2.33. The maximum Gasteiger partial charge on any atom is 0.122 e. The number of rotatable bonds is 4. The Morgan fingerprint density at radius 3 is 2.63 bits per heavy atom. The minimum atomic E-state index is 0.466. The molecule has 0 radical (unpaired) electrons. The molecule has 1 aromatic rings. The Bertz CT molecular complexity index is 425. The van der Waals surface area contributed by atoms with Gasteiger partial charge in [0.05, 0.1) is 6.10 Å². The number of ether oxygens (including phenoxy) is 1. The summed E-state index contributed by atoms with van der Waals surface area (Å²) >= 11 is 3.59. The maximum atomic E-state index is 6.14. The molecule has 3 rings (SSSR count). The lowest BCUT2D eigenvalue weighted by atomic mass is 9.90. The van der Waals surface area contributed by atoms with Gasteiger partial charge >= 0.3 is 0 Å². The molecule has 1 saturated heterocycles. The minimum absolute atomic E-state index is 0.466. The second kappa shape index (κ2) is 6.27.